The summed E-state index contributed by atoms with van der Waals surface area (Å²) in [6.45, 7) is 0. The van der Waals surface area contributed by atoms with Gasteiger partial charge in [-0.15, -0.1) is 0 Å². The lowest BCUT2D eigenvalue weighted by atomic mass is 9.82. The van der Waals surface area contributed by atoms with Crippen molar-refractivity contribution in [3.63, 3.8) is 0 Å². The number of benzene rings is 1. The minimum absolute atomic E-state index is 0.0219. The van der Waals surface area contributed by atoms with E-state index in [1.54, 1.807) is 6.07 Å². The first kappa shape index (κ1) is 19.2. The van der Waals surface area contributed by atoms with Crippen LogP contribution in [-0.2, 0) is 4.79 Å². The van der Waals surface area contributed by atoms with Gasteiger partial charge in [0.1, 0.15) is 0 Å². The fourth-order valence-electron chi connectivity index (χ4n) is 4.98. The SMILES string of the molecule is NC1CCCCC1NC(=O)c1ccc2c(c1)NC(=O)CC(C1CCCCC1)N2. The number of nitrogens with one attached hydrogen (secondary N) is 3. The minimum Gasteiger partial charge on any atom is -0.380 e. The minimum atomic E-state index is -0.118. The molecule has 1 aliphatic heterocycles. The highest BCUT2D eigenvalue weighted by molar-refractivity contribution is 6.01. The van der Waals surface area contributed by atoms with Gasteiger partial charge in [0, 0.05) is 30.1 Å². The molecule has 3 unspecified atom stereocenters. The van der Waals surface area contributed by atoms with Gasteiger partial charge in [-0.3, -0.25) is 9.59 Å². The quantitative estimate of drug-likeness (QED) is 0.642. The summed E-state index contributed by atoms with van der Waals surface area (Å²) in [5.74, 6) is 0.447. The zero-order valence-electron chi connectivity index (χ0n) is 16.5. The lowest BCUT2D eigenvalue weighted by Gasteiger charge is -2.30. The van der Waals surface area contributed by atoms with Crippen molar-refractivity contribution in [3.8, 4) is 0 Å². The molecule has 5 N–H and O–H groups in total. The maximum absolute atomic E-state index is 12.7. The number of carbonyl (C=O) groups is 2. The van der Waals surface area contributed by atoms with Crippen molar-refractivity contribution >= 4 is 23.2 Å². The van der Waals surface area contributed by atoms with E-state index in [1.807, 2.05) is 12.1 Å². The van der Waals surface area contributed by atoms with Crippen molar-refractivity contribution in [2.45, 2.75) is 82.3 Å². The summed E-state index contributed by atoms with van der Waals surface area (Å²) in [6.07, 6.45) is 10.8. The van der Waals surface area contributed by atoms with Gasteiger partial charge in [-0.25, -0.2) is 0 Å². The molecule has 2 saturated carbocycles. The van der Waals surface area contributed by atoms with Crippen LogP contribution in [-0.4, -0.2) is 29.9 Å². The van der Waals surface area contributed by atoms with Gasteiger partial charge in [0.2, 0.25) is 5.91 Å². The molecular weight excluding hydrogens is 352 g/mol. The maximum Gasteiger partial charge on any atom is 0.251 e. The van der Waals surface area contributed by atoms with Gasteiger partial charge >= 0.3 is 0 Å². The highest BCUT2D eigenvalue weighted by Crippen LogP contribution is 2.34. The summed E-state index contributed by atoms with van der Waals surface area (Å²) in [5, 5.41) is 9.65. The Balaban J connectivity index is 1.48. The van der Waals surface area contributed by atoms with Gasteiger partial charge in [0.15, 0.2) is 0 Å². The number of hydrogen-bond donors (Lipinski definition) is 4. The van der Waals surface area contributed by atoms with Crippen LogP contribution in [0, 0.1) is 5.92 Å². The second kappa shape index (κ2) is 8.52. The van der Waals surface area contributed by atoms with Gasteiger partial charge in [-0.05, 0) is 49.8 Å². The largest absolute Gasteiger partial charge is 0.380 e. The molecule has 6 nitrogen and oxygen atoms in total. The third-order valence-corrected chi connectivity index (χ3v) is 6.66. The second-order valence-electron chi connectivity index (χ2n) is 8.69. The predicted molar refractivity (Wildman–Crippen MR) is 111 cm³/mol. The Morgan fingerprint density at radius 1 is 1.00 bits per heavy atom. The standard InChI is InChI=1S/C22H32N4O2/c23-16-8-4-5-9-17(16)26-22(28)15-10-11-18-20(12-15)25-21(27)13-19(24-18)14-6-2-1-3-7-14/h10-12,14,16-17,19,24H,1-9,13,23H2,(H,25,27)(H,26,28). The Kier molecular flexibility index (Phi) is 5.85. The molecule has 0 bridgehead atoms. The number of fused-ring (bicyclic) bond motifs is 1. The van der Waals surface area contributed by atoms with E-state index >= 15 is 0 Å². The molecule has 1 heterocycles. The molecule has 0 radical (unpaired) electrons. The highest BCUT2D eigenvalue weighted by Gasteiger charge is 2.29. The van der Waals surface area contributed by atoms with Crippen LogP contribution < -0.4 is 21.7 Å². The first-order valence-electron chi connectivity index (χ1n) is 10.9. The van der Waals surface area contributed by atoms with Crippen LogP contribution in [0.5, 0.6) is 0 Å². The highest BCUT2D eigenvalue weighted by atomic mass is 16.2. The van der Waals surface area contributed by atoms with Gasteiger partial charge < -0.3 is 21.7 Å². The van der Waals surface area contributed by atoms with Gasteiger partial charge in [0.25, 0.3) is 5.91 Å². The van der Waals surface area contributed by atoms with Gasteiger partial charge in [-0.1, -0.05) is 32.1 Å². The van der Waals surface area contributed by atoms with Gasteiger partial charge in [-0.2, -0.15) is 0 Å². The molecule has 0 saturated heterocycles. The van der Waals surface area contributed by atoms with E-state index in [0.29, 0.717) is 23.6 Å². The molecule has 6 heteroatoms. The summed E-state index contributed by atoms with van der Waals surface area (Å²) in [6, 6.07) is 5.77. The molecule has 3 aliphatic rings. The fraction of sp³-hybridized carbons (Fsp3) is 0.636. The van der Waals surface area contributed by atoms with Crippen molar-refractivity contribution in [3.05, 3.63) is 23.8 Å². The molecule has 0 spiro atoms. The lowest BCUT2D eigenvalue weighted by molar-refractivity contribution is -0.116. The monoisotopic (exact) mass is 384 g/mol. The van der Waals surface area contributed by atoms with Crippen molar-refractivity contribution in [2.75, 3.05) is 10.6 Å². The zero-order valence-corrected chi connectivity index (χ0v) is 16.5. The molecule has 2 amide bonds. The smallest absolute Gasteiger partial charge is 0.251 e. The van der Waals surface area contributed by atoms with Crippen LogP contribution in [0.4, 0.5) is 11.4 Å². The molecule has 1 aromatic rings. The summed E-state index contributed by atoms with van der Waals surface area (Å²) >= 11 is 0. The van der Waals surface area contributed by atoms with Crippen molar-refractivity contribution < 1.29 is 9.59 Å². The summed E-state index contributed by atoms with van der Waals surface area (Å²) in [4.78, 5) is 25.2. The Bertz CT molecular complexity index is 729. The first-order chi connectivity index (χ1) is 13.6. The molecule has 4 rings (SSSR count). The van der Waals surface area contributed by atoms with Crippen LogP contribution in [0.2, 0.25) is 0 Å². The van der Waals surface area contributed by atoms with Crippen molar-refractivity contribution in [1.82, 2.24) is 5.32 Å². The number of anilines is 2. The normalized spacial score (nSPS) is 28.5. The van der Waals surface area contributed by atoms with Crippen molar-refractivity contribution in [2.24, 2.45) is 11.7 Å². The summed E-state index contributed by atoms with van der Waals surface area (Å²) in [5.41, 5.74) is 8.33. The molecule has 152 valence electrons. The van der Waals surface area contributed by atoms with E-state index in [1.165, 1.54) is 32.1 Å². The number of amides is 2. The van der Waals surface area contributed by atoms with Crippen LogP contribution in [0.25, 0.3) is 0 Å². The molecule has 0 aromatic heterocycles. The molecule has 2 aliphatic carbocycles. The Hall–Kier alpha value is -2.08. The molecule has 28 heavy (non-hydrogen) atoms. The molecule has 3 atom stereocenters. The van der Waals surface area contributed by atoms with Gasteiger partial charge in [0.05, 0.1) is 11.4 Å². The average Bonchev–Trinajstić information content (AvgIpc) is 2.87. The van der Waals surface area contributed by atoms with E-state index in [9.17, 15) is 9.59 Å². The fourth-order valence-corrected chi connectivity index (χ4v) is 4.98. The third kappa shape index (κ3) is 4.32. The average molecular weight is 385 g/mol. The van der Waals surface area contributed by atoms with Crippen LogP contribution in [0.15, 0.2) is 18.2 Å². The number of rotatable bonds is 3. The number of hydrogen-bond acceptors (Lipinski definition) is 4. The van der Waals surface area contributed by atoms with E-state index < -0.39 is 0 Å². The van der Waals surface area contributed by atoms with Crippen LogP contribution in [0.3, 0.4) is 0 Å². The van der Waals surface area contributed by atoms with E-state index in [2.05, 4.69) is 16.0 Å². The predicted octanol–water partition coefficient (Wildman–Crippen LogP) is 3.39. The topological polar surface area (TPSA) is 96.2 Å². The van der Waals surface area contributed by atoms with Crippen LogP contribution in [0.1, 0.15) is 74.6 Å². The van der Waals surface area contributed by atoms with E-state index in [-0.39, 0.29) is 29.9 Å². The number of carbonyl (C=O) groups excluding carboxylic acids is 2. The second-order valence-corrected chi connectivity index (χ2v) is 8.69. The molecule has 1 aromatic carbocycles. The van der Waals surface area contributed by atoms with Crippen LogP contribution >= 0.6 is 0 Å². The summed E-state index contributed by atoms with van der Waals surface area (Å²) < 4.78 is 0. The lowest BCUT2D eigenvalue weighted by Crippen LogP contribution is -2.49. The Morgan fingerprint density at radius 3 is 2.54 bits per heavy atom. The van der Waals surface area contributed by atoms with E-state index in [4.69, 9.17) is 5.73 Å². The third-order valence-electron chi connectivity index (χ3n) is 6.66. The maximum atomic E-state index is 12.7. The zero-order chi connectivity index (χ0) is 19.5. The number of nitrogens with two attached hydrogens (primary N) is 1. The van der Waals surface area contributed by atoms with Crippen molar-refractivity contribution in [1.29, 1.82) is 0 Å². The first-order valence-corrected chi connectivity index (χ1v) is 10.9. The van der Waals surface area contributed by atoms with E-state index in [0.717, 1.165) is 31.4 Å². The Morgan fingerprint density at radius 2 is 1.75 bits per heavy atom. The molecule has 2 fully saturated rings. The molecular formula is C22H32N4O2. The summed E-state index contributed by atoms with van der Waals surface area (Å²) in [7, 11) is 0. The Labute approximate surface area is 167 Å².